The van der Waals surface area contributed by atoms with Crippen LogP contribution in [0.25, 0.3) is 0 Å². The number of rotatable bonds is 6. The van der Waals surface area contributed by atoms with Gasteiger partial charge in [-0.15, -0.1) is 0 Å². The first kappa shape index (κ1) is 16.8. The molecule has 0 aliphatic heterocycles. The molecule has 2 aromatic rings. The van der Waals surface area contributed by atoms with E-state index in [0.29, 0.717) is 22.2 Å². The maximum Gasteiger partial charge on any atom is 0.253 e. The zero-order valence-corrected chi connectivity index (χ0v) is 13.6. The molecule has 0 unspecified atom stereocenters. The first-order chi connectivity index (χ1) is 10.5. The van der Waals surface area contributed by atoms with Gasteiger partial charge in [-0.1, -0.05) is 30.1 Å². The molecule has 1 aromatic carbocycles. The van der Waals surface area contributed by atoms with Gasteiger partial charge in [0.1, 0.15) is 0 Å². The average Bonchev–Trinajstić information content (AvgIpc) is 2.95. The molecule has 0 aliphatic rings. The predicted octanol–water partition coefficient (Wildman–Crippen LogP) is 2.68. The van der Waals surface area contributed by atoms with Crippen molar-refractivity contribution in [3.05, 3.63) is 52.5 Å². The van der Waals surface area contributed by atoms with E-state index >= 15 is 0 Å². The van der Waals surface area contributed by atoms with Gasteiger partial charge in [0.15, 0.2) is 6.10 Å². The molecule has 0 bridgehead atoms. The number of carbonyl (C=O) groups is 1. The van der Waals surface area contributed by atoms with Crippen molar-refractivity contribution in [1.29, 1.82) is 0 Å². The third-order valence-electron chi connectivity index (χ3n) is 3.16. The first-order valence-corrected chi connectivity index (χ1v) is 7.59. The van der Waals surface area contributed by atoms with Gasteiger partial charge in [0.05, 0.1) is 6.33 Å². The second-order valence-electron chi connectivity index (χ2n) is 5.22. The standard InChI is InChI=1S/C15H17Cl2N3O2/c1-10(8-20-3-2-18-9-20)7-19-15(22)14(21)11-4-12(16)6-13(17)5-11/h2-6,9-10,14,21H,7-8H2,1H3,(H,19,22)/t10-,14-/m0/s1. The van der Waals surface area contributed by atoms with Crippen LogP contribution in [0.15, 0.2) is 36.9 Å². The summed E-state index contributed by atoms with van der Waals surface area (Å²) in [5.41, 5.74) is 0.372. The molecule has 2 atom stereocenters. The van der Waals surface area contributed by atoms with Crippen molar-refractivity contribution >= 4 is 29.1 Å². The van der Waals surface area contributed by atoms with Crippen LogP contribution in [-0.4, -0.2) is 27.1 Å². The Hall–Kier alpha value is -1.56. The van der Waals surface area contributed by atoms with E-state index in [0.717, 1.165) is 6.54 Å². The molecule has 0 fully saturated rings. The van der Waals surface area contributed by atoms with Crippen molar-refractivity contribution in [1.82, 2.24) is 14.9 Å². The Labute approximate surface area is 138 Å². The van der Waals surface area contributed by atoms with Gasteiger partial charge in [0, 0.05) is 35.5 Å². The van der Waals surface area contributed by atoms with Crippen molar-refractivity contribution in [2.75, 3.05) is 6.54 Å². The van der Waals surface area contributed by atoms with Crippen molar-refractivity contribution in [2.45, 2.75) is 19.6 Å². The Bertz CT molecular complexity index is 611. The van der Waals surface area contributed by atoms with Crippen LogP contribution in [0.1, 0.15) is 18.6 Å². The molecule has 22 heavy (non-hydrogen) atoms. The average molecular weight is 342 g/mol. The van der Waals surface area contributed by atoms with Gasteiger partial charge in [-0.3, -0.25) is 4.79 Å². The molecule has 1 aromatic heterocycles. The summed E-state index contributed by atoms with van der Waals surface area (Å²) < 4.78 is 1.93. The molecule has 2 rings (SSSR count). The molecule has 0 radical (unpaired) electrons. The number of nitrogens with one attached hydrogen (secondary N) is 1. The van der Waals surface area contributed by atoms with E-state index in [2.05, 4.69) is 10.3 Å². The smallest absolute Gasteiger partial charge is 0.253 e. The molecule has 5 nitrogen and oxygen atoms in total. The minimum atomic E-state index is -1.29. The molecule has 7 heteroatoms. The van der Waals surface area contributed by atoms with Crippen LogP contribution < -0.4 is 5.32 Å². The zero-order chi connectivity index (χ0) is 16.1. The van der Waals surface area contributed by atoms with Crippen LogP contribution in [0.2, 0.25) is 10.0 Å². The largest absolute Gasteiger partial charge is 0.378 e. The summed E-state index contributed by atoms with van der Waals surface area (Å²) in [4.78, 5) is 16.0. The monoisotopic (exact) mass is 341 g/mol. The van der Waals surface area contributed by atoms with Gasteiger partial charge < -0.3 is 15.0 Å². The molecule has 1 heterocycles. The van der Waals surface area contributed by atoms with Crippen molar-refractivity contribution in [2.24, 2.45) is 5.92 Å². The number of imidazole rings is 1. The van der Waals surface area contributed by atoms with E-state index in [1.165, 1.54) is 12.1 Å². The van der Waals surface area contributed by atoms with E-state index in [1.54, 1.807) is 18.6 Å². The van der Waals surface area contributed by atoms with E-state index in [-0.39, 0.29) is 5.92 Å². The molecular formula is C15H17Cl2N3O2. The lowest BCUT2D eigenvalue weighted by Gasteiger charge is -2.16. The number of hydrogen-bond acceptors (Lipinski definition) is 3. The molecule has 118 valence electrons. The minimum Gasteiger partial charge on any atom is -0.378 e. The number of carbonyl (C=O) groups excluding carboxylic acids is 1. The number of aliphatic hydroxyl groups excluding tert-OH is 1. The first-order valence-electron chi connectivity index (χ1n) is 6.83. The fourth-order valence-corrected chi connectivity index (χ4v) is 2.62. The van der Waals surface area contributed by atoms with Gasteiger partial charge in [-0.25, -0.2) is 4.98 Å². The highest BCUT2D eigenvalue weighted by atomic mass is 35.5. The van der Waals surface area contributed by atoms with Crippen LogP contribution in [-0.2, 0) is 11.3 Å². The van der Waals surface area contributed by atoms with Gasteiger partial charge in [0.25, 0.3) is 5.91 Å². The highest BCUT2D eigenvalue weighted by Crippen LogP contribution is 2.23. The Morgan fingerprint density at radius 1 is 1.36 bits per heavy atom. The summed E-state index contributed by atoms with van der Waals surface area (Å²) in [5.74, 6) is -0.274. The highest BCUT2D eigenvalue weighted by molar-refractivity contribution is 6.34. The van der Waals surface area contributed by atoms with Crippen LogP contribution in [0.5, 0.6) is 0 Å². The molecular weight excluding hydrogens is 325 g/mol. The third-order valence-corrected chi connectivity index (χ3v) is 3.59. The molecule has 0 saturated heterocycles. The summed E-state index contributed by atoms with van der Waals surface area (Å²) >= 11 is 11.7. The zero-order valence-electron chi connectivity index (χ0n) is 12.0. The fraction of sp³-hybridized carbons (Fsp3) is 0.333. The Balaban J connectivity index is 1.88. The van der Waals surface area contributed by atoms with E-state index in [1.807, 2.05) is 17.7 Å². The van der Waals surface area contributed by atoms with E-state index < -0.39 is 12.0 Å². The summed E-state index contributed by atoms with van der Waals surface area (Å²) in [6.07, 6.45) is 4.00. The number of amides is 1. The van der Waals surface area contributed by atoms with Gasteiger partial charge >= 0.3 is 0 Å². The number of benzene rings is 1. The Morgan fingerprint density at radius 2 is 2.05 bits per heavy atom. The fourth-order valence-electron chi connectivity index (χ4n) is 2.08. The predicted molar refractivity (Wildman–Crippen MR) is 85.8 cm³/mol. The van der Waals surface area contributed by atoms with Crippen LogP contribution in [0, 0.1) is 5.92 Å². The van der Waals surface area contributed by atoms with E-state index in [9.17, 15) is 9.90 Å². The number of nitrogens with zero attached hydrogens (tertiary/aromatic N) is 2. The molecule has 0 saturated carbocycles. The lowest BCUT2D eigenvalue weighted by atomic mass is 10.1. The highest BCUT2D eigenvalue weighted by Gasteiger charge is 2.18. The summed E-state index contributed by atoms with van der Waals surface area (Å²) in [6, 6.07) is 4.59. The second kappa shape index (κ2) is 7.63. The molecule has 0 aliphatic carbocycles. The van der Waals surface area contributed by atoms with Crippen LogP contribution in [0.3, 0.4) is 0 Å². The lowest BCUT2D eigenvalue weighted by Crippen LogP contribution is -2.33. The molecule has 0 spiro atoms. The normalized spacial score (nSPS) is 13.6. The summed E-state index contributed by atoms with van der Waals surface area (Å²) in [5, 5.41) is 13.5. The number of aliphatic hydroxyl groups is 1. The van der Waals surface area contributed by atoms with Crippen LogP contribution in [0.4, 0.5) is 0 Å². The lowest BCUT2D eigenvalue weighted by molar-refractivity contribution is -0.129. The van der Waals surface area contributed by atoms with Gasteiger partial charge in [-0.2, -0.15) is 0 Å². The second-order valence-corrected chi connectivity index (χ2v) is 6.09. The number of hydrogen-bond donors (Lipinski definition) is 2. The molecule has 2 N–H and O–H groups in total. The Morgan fingerprint density at radius 3 is 2.64 bits per heavy atom. The van der Waals surface area contributed by atoms with Crippen molar-refractivity contribution < 1.29 is 9.90 Å². The van der Waals surface area contributed by atoms with Crippen molar-refractivity contribution in [3.63, 3.8) is 0 Å². The SMILES string of the molecule is C[C@@H](CNC(=O)[C@@H](O)c1cc(Cl)cc(Cl)c1)Cn1ccnc1. The van der Waals surface area contributed by atoms with E-state index in [4.69, 9.17) is 23.2 Å². The van der Waals surface area contributed by atoms with Crippen LogP contribution >= 0.6 is 23.2 Å². The maximum absolute atomic E-state index is 12.0. The minimum absolute atomic E-state index is 0.202. The summed E-state index contributed by atoms with van der Waals surface area (Å²) in [6.45, 7) is 3.19. The number of halogens is 2. The third kappa shape index (κ3) is 4.73. The maximum atomic E-state index is 12.0. The number of aromatic nitrogens is 2. The topological polar surface area (TPSA) is 67.2 Å². The summed E-state index contributed by atoms with van der Waals surface area (Å²) in [7, 11) is 0. The Kier molecular flexibility index (Phi) is 5.83. The quantitative estimate of drug-likeness (QED) is 0.848. The molecule has 1 amide bonds. The van der Waals surface area contributed by atoms with Gasteiger partial charge in [-0.05, 0) is 29.7 Å². The van der Waals surface area contributed by atoms with Crippen molar-refractivity contribution in [3.8, 4) is 0 Å². The van der Waals surface area contributed by atoms with Gasteiger partial charge in [0.2, 0.25) is 0 Å².